The van der Waals surface area contributed by atoms with Gasteiger partial charge >= 0.3 is 0 Å². The molecule has 0 saturated carbocycles. The number of hydrogen-bond donors (Lipinski definition) is 1. The van der Waals surface area contributed by atoms with Crippen molar-refractivity contribution in [3.8, 4) is 5.75 Å². The van der Waals surface area contributed by atoms with E-state index in [0.717, 1.165) is 16.3 Å². The average Bonchev–Trinajstić information content (AvgIpc) is 2.62. The molecule has 3 aromatic carbocycles. The van der Waals surface area contributed by atoms with Crippen LogP contribution in [0.15, 0.2) is 71.8 Å². The maximum absolute atomic E-state index is 12.2. The lowest BCUT2D eigenvalue weighted by molar-refractivity contribution is -0.127. The Morgan fingerprint density at radius 1 is 1.12 bits per heavy atom. The minimum Gasteiger partial charge on any atom is -0.480 e. The van der Waals surface area contributed by atoms with E-state index in [1.54, 1.807) is 19.1 Å². The van der Waals surface area contributed by atoms with E-state index >= 15 is 0 Å². The van der Waals surface area contributed by atoms with Gasteiger partial charge in [0.15, 0.2) is 6.10 Å². The van der Waals surface area contributed by atoms with Crippen molar-refractivity contribution in [2.24, 2.45) is 5.10 Å². The van der Waals surface area contributed by atoms with Crippen LogP contribution in [-0.4, -0.2) is 18.2 Å². The highest BCUT2D eigenvalue weighted by molar-refractivity contribution is 6.30. The molecule has 0 aliphatic rings. The molecule has 4 nitrogen and oxygen atoms in total. The summed E-state index contributed by atoms with van der Waals surface area (Å²) in [6.07, 6.45) is 0.858. The highest BCUT2D eigenvalue weighted by Crippen LogP contribution is 2.26. The lowest BCUT2D eigenvalue weighted by Crippen LogP contribution is -2.33. The first kappa shape index (κ1) is 17.0. The predicted molar refractivity (Wildman–Crippen MR) is 101 cm³/mol. The van der Waals surface area contributed by atoms with Gasteiger partial charge in [-0.05, 0) is 36.1 Å². The number of nitrogens with zero attached hydrogens (tertiary/aromatic N) is 1. The summed E-state index contributed by atoms with van der Waals surface area (Å²) < 4.78 is 5.80. The number of fused-ring (bicyclic) bond motifs is 1. The first-order valence-electron chi connectivity index (χ1n) is 7.86. The van der Waals surface area contributed by atoms with Crippen LogP contribution in [0.4, 0.5) is 0 Å². The van der Waals surface area contributed by atoms with E-state index in [4.69, 9.17) is 16.3 Å². The molecule has 1 atom stereocenters. The molecule has 3 rings (SSSR count). The van der Waals surface area contributed by atoms with Gasteiger partial charge in [-0.2, -0.15) is 5.10 Å². The lowest BCUT2D eigenvalue weighted by atomic mass is 10.1. The molecule has 0 aromatic heterocycles. The van der Waals surface area contributed by atoms with E-state index in [9.17, 15) is 4.79 Å². The number of ether oxygens (including phenoxy) is 1. The Hall–Kier alpha value is -2.85. The van der Waals surface area contributed by atoms with E-state index in [2.05, 4.69) is 10.5 Å². The van der Waals surface area contributed by atoms with Crippen molar-refractivity contribution in [3.05, 3.63) is 77.3 Å². The molecule has 0 radical (unpaired) electrons. The Labute approximate surface area is 151 Å². The molecule has 0 fully saturated rings. The van der Waals surface area contributed by atoms with E-state index < -0.39 is 6.10 Å². The summed E-state index contributed by atoms with van der Waals surface area (Å²) >= 11 is 5.91. The van der Waals surface area contributed by atoms with Gasteiger partial charge in [0.05, 0.1) is 6.21 Å². The van der Waals surface area contributed by atoms with Crippen LogP contribution in [0.25, 0.3) is 10.8 Å². The van der Waals surface area contributed by atoms with Crippen LogP contribution in [-0.2, 0) is 4.79 Å². The quantitative estimate of drug-likeness (QED) is 0.546. The molecule has 3 aromatic rings. The summed E-state index contributed by atoms with van der Waals surface area (Å²) in [6, 6.07) is 20.8. The molecule has 126 valence electrons. The molecule has 0 unspecified atom stereocenters. The van der Waals surface area contributed by atoms with E-state index in [1.165, 1.54) is 6.21 Å². The first-order chi connectivity index (χ1) is 12.1. The number of carbonyl (C=O) groups is 1. The van der Waals surface area contributed by atoms with Crippen LogP contribution in [0.2, 0.25) is 5.02 Å². The highest BCUT2D eigenvalue weighted by atomic mass is 35.5. The van der Waals surface area contributed by atoms with E-state index in [0.29, 0.717) is 10.8 Å². The Kier molecular flexibility index (Phi) is 5.31. The standard InChI is InChI=1S/C20H17ClN2O2/c1-14(20(24)23-22-13-15-6-4-9-17(21)12-15)25-19-11-5-8-16-7-2-3-10-18(16)19/h2-14H,1H3,(H,23,24)/b22-13-/t14-/m0/s1. The monoisotopic (exact) mass is 352 g/mol. The molecular formula is C20H17ClN2O2. The van der Waals surface area contributed by atoms with Gasteiger partial charge in [-0.1, -0.05) is 60.1 Å². The maximum Gasteiger partial charge on any atom is 0.280 e. The third-order valence-corrected chi connectivity index (χ3v) is 3.89. The molecule has 0 heterocycles. The summed E-state index contributed by atoms with van der Waals surface area (Å²) in [5, 5.41) is 6.58. The van der Waals surface area contributed by atoms with Gasteiger partial charge in [-0.3, -0.25) is 4.79 Å². The Bertz CT molecular complexity index is 919. The van der Waals surface area contributed by atoms with Crippen molar-refractivity contribution in [1.82, 2.24) is 5.43 Å². The number of nitrogens with one attached hydrogen (secondary N) is 1. The summed E-state index contributed by atoms with van der Waals surface area (Å²) in [4.78, 5) is 12.2. The summed E-state index contributed by atoms with van der Waals surface area (Å²) in [5.74, 6) is 0.339. The number of hydrazone groups is 1. The van der Waals surface area contributed by atoms with Gasteiger partial charge < -0.3 is 4.74 Å². The zero-order chi connectivity index (χ0) is 17.6. The summed E-state index contributed by atoms with van der Waals surface area (Å²) in [7, 11) is 0. The third kappa shape index (κ3) is 4.37. The SMILES string of the molecule is C[C@H](Oc1cccc2ccccc12)C(=O)N/N=C\c1cccc(Cl)c1. The number of rotatable bonds is 5. The average molecular weight is 353 g/mol. The minimum absolute atomic E-state index is 0.328. The molecule has 1 amide bonds. The van der Waals surface area contributed by atoms with Crippen LogP contribution in [0.1, 0.15) is 12.5 Å². The van der Waals surface area contributed by atoms with Crippen molar-refractivity contribution in [2.45, 2.75) is 13.0 Å². The van der Waals surface area contributed by atoms with Gasteiger partial charge in [0.1, 0.15) is 5.75 Å². The van der Waals surface area contributed by atoms with Gasteiger partial charge in [0.2, 0.25) is 0 Å². The van der Waals surface area contributed by atoms with Crippen molar-refractivity contribution in [2.75, 3.05) is 0 Å². The fourth-order valence-electron chi connectivity index (χ4n) is 2.39. The largest absolute Gasteiger partial charge is 0.480 e. The van der Waals surface area contributed by atoms with E-state index in [1.807, 2.05) is 54.6 Å². The number of carbonyl (C=O) groups excluding carboxylic acids is 1. The zero-order valence-corrected chi connectivity index (χ0v) is 14.4. The fourth-order valence-corrected chi connectivity index (χ4v) is 2.59. The fraction of sp³-hybridized carbons (Fsp3) is 0.100. The van der Waals surface area contributed by atoms with Crippen LogP contribution in [0.5, 0.6) is 5.75 Å². The maximum atomic E-state index is 12.2. The van der Waals surface area contributed by atoms with Gasteiger partial charge in [0.25, 0.3) is 5.91 Å². The second kappa shape index (κ2) is 7.81. The number of benzene rings is 3. The molecule has 25 heavy (non-hydrogen) atoms. The Morgan fingerprint density at radius 3 is 2.72 bits per heavy atom. The van der Waals surface area contributed by atoms with Crippen molar-refractivity contribution >= 4 is 34.5 Å². The smallest absolute Gasteiger partial charge is 0.280 e. The molecule has 0 bridgehead atoms. The van der Waals surface area contributed by atoms with Crippen LogP contribution in [0.3, 0.4) is 0 Å². The van der Waals surface area contributed by atoms with Gasteiger partial charge in [-0.25, -0.2) is 5.43 Å². The number of halogens is 1. The first-order valence-corrected chi connectivity index (χ1v) is 8.24. The Morgan fingerprint density at radius 2 is 1.88 bits per heavy atom. The molecule has 1 N–H and O–H groups in total. The van der Waals surface area contributed by atoms with E-state index in [-0.39, 0.29) is 5.91 Å². The van der Waals surface area contributed by atoms with Gasteiger partial charge in [0, 0.05) is 10.4 Å². The van der Waals surface area contributed by atoms with Crippen LogP contribution >= 0.6 is 11.6 Å². The third-order valence-electron chi connectivity index (χ3n) is 3.66. The normalized spacial score (nSPS) is 12.2. The lowest BCUT2D eigenvalue weighted by Gasteiger charge is -2.14. The Balaban J connectivity index is 1.64. The highest BCUT2D eigenvalue weighted by Gasteiger charge is 2.15. The minimum atomic E-state index is -0.678. The van der Waals surface area contributed by atoms with Crippen LogP contribution in [0, 0.1) is 0 Å². The van der Waals surface area contributed by atoms with Crippen molar-refractivity contribution in [3.63, 3.8) is 0 Å². The van der Waals surface area contributed by atoms with Crippen molar-refractivity contribution < 1.29 is 9.53 Å². The summed E-state index contributed by atoms with van der Waals surface area (Å²) in [5.41, 5.74) is 3.28. The number of hydrogen-bond acceptors (Lipinski definition) is 3. The van der Waals surface area contributed by atoms with Crippen molar-refractivity contribution in [1.29, 1.82) is 0 Å². The zero-order valence-electron chi connectivity index (χ0n) is 13.6. The molecule has 0 aliphatic heterocycles. The topological polar surface area (TPSA) is 50.7 Å². The molecular weight excluding hydrogens is 336 g/mol. The summed E-state index contributed by atoms with van der Waals surface area (Å²) in [6.45, 7) is 1.69. The second-order valence-electron chi connectivity index (χ2n) is 5.53. The molecule has 5 heteroatoms. The van der Waals surface area contributed by atoms with Gasteiger partial charge in [-0.15, -0.1) is 0 Å². The molecule has 0 saturated heterocycles. The predicted octanol–water partition coefficient (Wildman–Crippen LogP) is 4.41. The molecule has 0 spiro atoms. The molecule has 0 aliphatic carbocycles. The van der Waals surface area contributed by atoms with Crippen LogP contribution < -0.4 is 10.2 Å². The second-order valence-corrected chi connectivity index (χ2v) is 5.96. The number of amides is 1.